The number of aryl methyl sites for hydroxylation is 1. The van der Waals surface area contributed by atoms with Gasteiger partial charge < -0.3 is 15.1 Å². The average molecular weight is 420 g/mol. The van der Waals surface area contributed by atoms with Crippen molar-refractivity contribution in [3.05, 3.63) is 65.2 Å². The number of anilines is 1. The fraction of sp³-hybridized carbons (Fsp3) is 0.364. The maximum Gasteiger partial charge on any atom is 0.416 e. The molecule has 0 aliphatic carbocycles. The molecule has 1 aliphatic heterocycles. The fourth-order valence-corrected chi connectivity index (χ4v) is 3.56. The lowest BCUT2D eigenvalue weighted by Gasteiger charge is -2.32. The summed E-state index contributed by atoms with van der Waals surface area (Å²) in [5.41, 5.74) is 1.36. The van der Waals surface area contributed by atoms with Crippen LogP contribution >= 0.6 is 0 Å². The van der Waals surface area contributed by atoms with E-state index < -0.39 is 11.7 Å². The first-order valence-corrected chi connectivity index (χ1v) is 9.95. The Morgan fingerprint density at radius 2 is 1.67 bits per heavy atom. The van der Waals surface area contributed by atoms with Crippen LogP contribution in [0, 0.1) is 0 Å². The summed E-state index contributed by atoms with van der Waals surface area (Å²) < 4.78 is 38.0. The van der Waals surface area contributed by atoms with Crippen molar-refractivity contribution in [2.75, 3.05) is 38.0 Å². The van der Waals surface area contributed by atoms with Crippen molar-refractivity contribution >= 4 is 17.5 Å². The summed E-state index contributed by atoms with van der Waals surface area (Å²) in [6.07, 6.45) is -3.59. The molecule has 0 atom stereocenters. The van der Waals surface area contributed by atoms with Crippen LogP contribution in [0.4, 0.5) is 18.9 Å². The van der Waals surface area contributed by atoms with E-state index in [0.29, 0.717) is 32.7 Å². The number of nitrogens with zero attached hydrogens (tertiary/aromatic N) is 1. The zero-order valence-corrected chi connectivity index (χ0v) is 16.8. The van der Waals surface area contributed by atoms with Gasteiger partial charge in [0.2, 0.25) is 0 Å². The van der Waals surface area contributed by atoms with Crippen LogP contribution in [0.15, 0.2) is 48.5 Å². The van der Waals surface area contributed by atoms with Gasteiger partial charge in [0, 0.05) is 11.3 Å². The van der Waals surface area contributed by atoms with E-state index in [4.69, 9.17) is 0 Å². The molecule has 8 heteroatoms. The number of halogens is 3. The number of nitrogens with one attached hydrogen (secondary N) is 2. The average Bonchev–Trinajstić information content (AvgIpc) is 2.73. The molecule has 1 aliphatic rings. The summed E-state index contributed by atoms with van der Waals surface area (Å²) in [7, 11) is 0. The van der Waals surface area contributed by atoms with Crippen molar-refractivity contribution in [3.63, 3.8) is 0 Å². The first-order chi connectivity index (χ1) is 14.3. The molecule has 0 unspecified atom stereocenters. The van der Waals surface area contributed by atoms with E-state index in [9.17, 15) is 22.8 Å². The molecule has 160 valence electrons. The Morgan fingerprint density at radius 3 is 2.27 bits per heavy atom. The smallest absolute Gasteiger partial charge is 0.327 e. The van der Waals surface area contributed by atoms with E-state index in [0.717, 1.165) is 34.7 Å². The van der Waals surface area contributed by atoms with Crippen molar-refractivity contribution in [1.82, 2.24) is 4.90 Å². The lowest BCUT2D eigenvalue weighted by atomic mass is 10.1. The largest absolute Gasteiger partial charge is 0.416 e. The number of benzene rings is 2. The molecular weight excluding hydrogens is 395 g/mol. The van der Waals surface area contributed by atoms with Crippen LogP contribution < -0.4 is 10.2 Å². The predicted molar refractivity (Wildman–Crippen MR) is 107 cm³/mol. The molecule has 2 N–H and O–H groups in total. The predicted octanol–water partition coefficient (Wildman–Crippen LogP) is 2.25. The molecule has 1 heterocycles. The molecular formula is C22H25F3N3O2+. The van der Waals surface area contributed by atoms with Gasteiger partial charge in [-0.25, -0.2) is 0 Å². The number of piperazine rings is 1. The Labute approximate surface area is 173 Å². The van der Waals surface area contributed by atoms with Gasteiger partial charge >= 0.3 is 6.18 Å². The molecule has 0 saturated carbocycles. The van der Waals surface area contributed by atoms with Crippen LogP contribution in [-0.2, 0) is 17.4 Å². The van der Waals surface area contributed by atoms with Gasteiger partial charge in [0.05, 0.1) is 31.7 Å². The molecule has 5 nitrogen and oxygen atoms in total. The highest BCUT2D eigenvalue weighted by molar-refractivity contribution is 5.94. The minimum atomic E-state index is -4.42. The first kappa shape index (κ1) is 21.8. The van der Waals surface area contributed by atoms with Gasteiger partial charge in [-0.15, -0.1) is 0 Å². The summed E-state index contributed by atoms with van der Waals surface area (Å²) in [6, 6.07) is 12.0. The van der Waals surface area contributed by atoms with Crippen molar-refractivity contribution in [2.45, 2.75) is 19.5 Å². The Morgan fingerprint density at radius 1 is 1.03 bits per heavy atom. The standard InChI is InChI=1S/C22H24F3N3O2/c1-2-16-5-3-4-6-19(16)26-20(29)15-27-11-13-28(14-12-27)21(30)17-7-9-18(10-8-17)22(23,24)25/h3-10H,2,11-15H2,1H3,(H,26,29)/p+1. The number of para-hydroxylation sites is 1. The maximum absolute atomic E-state index is 12.7. The van der Waals surface area contributed by atoms with Crippen molar-refractivity contribution in [1.29, 1.82) is 0 Å². The highest BCUT2D eigenvalue weighted by Crippen LogP contribution is 2.29. The number of alkyl halides is 3. The quantitative estimate of drug-likeness (QED) is 0.780. The molecule has 2 aromatic carbocycles. The van der Waals surface area contributed by atoms with Crippen LogP contribution in [0.2, 0.25) is 0 Å². The van der Waals surface area contributed by atoms with Crippen LogP contribution in [0.3, 0.4) is 0 Å². The van der Waals surface area contributed by atoms with E-state index in [1.807, 2.05) is 31.2 Å². The van der Waals surface area contributed by atoms with Crippen LogP contribution in [0.5, 0.6) is 0 Å². The van der Waals surface area contributed by atoms with Gasteiger partial charge in [0.25, 0.3) is 11.8 Å². The Balaban J connectivity index is 1.50. The van der Waals surface area contributed by atoms with Crippen molar-refractivity contribution in [2.24, 2.45) is 0 Å². The fourth-order valence-electron chi connectivity index (χ4n) is 3.56. The molecule has 3 rings (SSSR count). The molecule has 0 spiro atoms. The van der Waals surface area contributed by atoms with Crippen LogP contribution in [-0.4, -0.2) is 49.4 Å². The number of hydrogen-bond donors (Lipinski definition) is 2. The molecule has 1 fully saturated rings. The van der Waals surface area contributed by atoms with E-state index in [-0.39, 0.29) is 17.4 Å². The normalized spacial score (nSPS) is 15.1. The van der Waals surface area contributed by atoms with Gasteiger partial charge in [0.1, 0.15) is 0 Å². The summed E-state index contributed by atoms with van der Waals surface area (Å²) in [4.78, 5) is 27.6. The maximum atomic E-state index is 12.7. The van der Waals surface area contributed by atoms with Gasteiger partial charge in [-0.1, -0.05) is 25.1 Å². The second-order valence-corrected chi connectivity index (χ2v) is 7.35. The lowest BCUT2D eigenvalue weighted by molar-refractivity contribution is -0.895. The van der Waals surface area contributed by atoms with Gasteiger partial charge in [-0.3, -0.25) is 9.59 Å². The third-order valence-electron chi connectivity index (χ3n) is 5.30. The Hall–Kier alpha value is -2.87. The summed E-state index contributed by atoms with van der Waals surface area (Å²) in [6.45, 7) is 4.45. The van der Waals surface area contributed by atoms with Crippen LogP contribution in [0.1, 0.15) is 28.4 Å². The highest BCUT2D eigenvalue weighted by atomic mass is 19.4. The summed E-state index contributed by atoms with van der Waals surface area (Å²) in [5.74, 6) is -0.363. The number of rotatable bonds is 5. The third kappa shape index (κ3) is 5.38. The second kappa shape index (κ2) is 9.30. The molecule has 0 aromatic heterocycles. The van der Waals surface area contributed by atoms with Gasteiger partial charge in [-0.05, 0) is 42.3 Å². The minimum absolute atomic E-state index is 0.0755. The van der Waals surface area contributed by atoms with E-state index >= 15 is 0 Å². The topological polar surface area (TPSA) is 53.9 Å². The van der Waals surface area contributed by atoms with Gasteiger partial charge in [0.15, 0.2) is 6.54 Å². The second-order valence-electron chi connectivity index (χ2n) is 7.35. The summed E-state index contributed by atoms with van der Waals surface area (Å²) in [5, 5.41) is 2.95. The number of amides is 2. The zero-order valence-electron chi connectivity index (χ0n) is 16.8. The molecule has 0 radical (unpaired) electrons. The SMILES string of the molecule is CCc1ccccc1NC(=O)C[NH+]1CCN(C(=O)c2ccc(C(F)(F)F)cc2)CC1. The number of hydrogen-bond acceptors (Lipinski definition) is 2. The number of quaternary nitrogens is 1. The minimum Gasteiger partial charge on any atom is -0.327 e. The number of carbonyl (C=O) groups excluding carboxylic acids is 2. The molecule has 2 amide bonds. The third-order valence-corrected chi connectivity index (χ3v) is 5.30. The molecule has 2 aromatic rings. The molecule has 1 saturated heterocycles. The summed E-state index contributed by atoms with van der Waals surface area (Å²) >= 11 is 0. The highest BCUT2D eigenvalue weighted by Gasteiger charge is 2.31. The Bertz CT molecular complexity index is 889. The van der Waals surface area contributed by atoms with Crippen molar-refractivity contribution in [3.8, 4) is 0 Å². The van der Waals surface area contributed by atoms with Crippen molar-refractivity contribution < 1.29 is 27.7 Å². The van der Waals surface area contributed by atoms with E-state index in [1.54, 1.807) is 4.90 Å². The van der Waals surface area contributed by atoms with Crippen LogP contribution in [0.25, 0.3) is 0 Å². The zero-order chi connectivity index (χ0) is 21.7. The van der Waals surface area contributed by atoms with E-state index in [2.05, 4.69) is 5.32 Å². The molecule has 30 heavy (non-hydrogen) atoms. The van der Waals surface area contributed by atoms with E-state index in [1.165, 1.54) is 12.1 Å². The first-order valence-electron chi connectivity index (χ1n) is 9.95. The molecule has 0 bridgehead atoms. The number of carbonyl (C=O) groups is 2. The monoisotopic (exact) mass is 420 g/mol. The van der Waals surface area contributed by atoms with Gasteiger partial charge in [-0.2, -0.15) is 13.2 Å². The Kier molecular flexibility index (Phi) is 6.77. The lowest BCUT2D eigenvalue weighted by Crippen LogP contribution is -3.15.